The standard InChI is InChI=1S/C10H11BrFNO3/c1-16-6-8(11)4-7-2-3-9(12)5-10(7)13(14)15/h2-3,5,8H,4,6H2,1H3. The molecular formula is C10H11BrFNO3. The fourth-order valence-electron chi connectivity index (χ4n) is 1.36. The molecule has 0 saturated carbocycles. The van der Waals surface area contributed by atoms with Crippen molar-refractivity contribution in [2.75, 3.05) is 13.7 Å². The topological polar surface area (TPSA) is 52.4 Å². The molecule has 0 spiro atoms. The Morgan fingerprint density at radius 2 is 2.31 bits per heavy atom. The van der Waals surface area contributed by atoms with Crippen molar-refractivity contribution < 1.29 is 14.1 Å². The Hall–Kier alpha value is -1.01. The zero-order valence-corrected chi connectivity index (χ0v) is 10.2. The van der Waals surface area contributed by atoms with Gasteiger partial charge in [-0.05, 0) is 18.6 Å². The van der Waals surface area contributed by atoms with E-state index in [9.17, 15) is 14.5 Å². The molecule has 16 heavy (non-hydrogen) atoms. The predicted molar refractivity (Wildman–Crippen MR) is 61.3 cm³/mol. The first-order valence-electron chi connectivity index (χ1n) is 4.60. The molecule has 0 fully saturated rings. The van der Waals surface area contributed by atoms with E-state index in [-0.39, 0.29) is 10.5 Å². The van der Waals surface area contributed by atoms with Gasteiger partial charge < -0.3 is 4.74 Å². The average molecular weight is 292 g/mol. The van der Waals surface area contributed by atoms with E-state index in [1.54, 1.807) is 7.11 Å². The number of hydrogen-bond donors (Lipinski definition) is 0. The van der Waals surface area contributed by atoms with Gasteiger partial charge in [-0.15, -0.1) is 0 Å². The van der Waals surface area contributed by atoms with Crippen molar-refractivity contribution in [1.82, 2.24) is 0 Å². The quantitative estimate of drug-likeness (QED) is 0.476. The summed E-state index contributed by atoms with van der Waals surface area (Å²) in [6, 6.07) is 3.58. The van der Waals surface area contributed by atoms with Crippen LogP contribution in [0.15, 0.2) is 18.2 Å². The molecule has 0 aliphatic heterocycles. The summed E-state index contributed by atoms with van der Waals surface area (Å²) < 4.78 is 17.8. The van der Waals surface area contributed by atoms with Gasteiger partial charge in [-0.25, -0.2) is 4.39 Å². The third-order valence-electron chi connectivity index (χ3n) is 2.03. The normalized spacial score (nSPS) is 12.4. The van der Waals surface area contributed by atoms with Gasteiger partial charge in [-0.2, -0.15) is 0 Å². The van der Waals surface area contributed by atoms with Crippen LogP contribution in [0.3, 0.4) is 0 Å². The van der Waals surface area contributed by atoms with Crippen molar-refractivity contribution in [3.63, 3.8) is 0 Å². The second-order valence-corrected chi connectivity index (χ2v) is 4.58. The number of rotatable bonds is 5. The molecule has 0 N–H and O–H groups in total. The van der Waals surface area contributed by atoms with Crippen LogP contribution in [0.25, 0.3) is 0 Å². The fraction of sp³-hybridized carbons (Fsp3) is 0.400. The highest BCUT2D eigenvalue weighted by atomic mass is 79.9. The Balaban J connectivity index is 2.90. The van der Waals surface area contributed by atoms with Gasteiger partial charge in [0.2, 0.25) is 0 Å². The highest BCUT2D eigenvalue weighted by molar-refractivity contribution is 9.09. The molecule has 88 valence electrons. The Morgan fingerprint density at radius 1 is 1.62 bits per heavy atom. The molecular weight excluding hydrogens is 281 g/mol. The van der Waals surface area contributed by atoms with Crippen LogP contribution in [0.4, 0.5) is 10.1 Å². The van der Waals surface area contributed by atoms with E-state index in [2.05, 4.69) is 15.9 Å². The van der Waals surface area contributed by atoms with Crippen LogP contribution in [-0.2, 0) is 11.2 Å². The van der Waals surface area contributed by atoms with Crippen LogP contribution < -0.4 is 0 Å². The van der Waals surface area contributed by atoms with E-state index >= 15 is 0 Å². The monoisotopic (exact) mass is 291 g/mol. The number of hydrogen-bond acceptors (Lipinski definition) is 3. The summed E-state index contributed by atoms with van der Waals surface area (Å²) in [7, 11) is 1.55. The molecule has 0 aromatic heterocycles. The lowest BCUT2D eigenvalue weighted by atomic mass is 10.1. The number of methoxy groups -OCH3 is 1. The highest BCUT2D eigenvalue weighted by Gasteiger charge is 2.17. The second-order valence-electron chi connectivity index (χ2n) is 3.29. The van der Waals surface area contributed by atoms with Crippen LogP contribution in [-0.4, -0.2) is 23.5 Å². The van der Waals surface area contributed by atoms with Crippen molar-refractivity contribution in [2.24, 2.45) is 0 Å². The summed E-state index contributed by atoms with van der Waals surface area (Å²) in [5.41, 5.74) is 0.297. The first-order chi connectivity index (χ1) is 7.54. The maximum atomic E-state index is 12.9. The minimum absolute atomic E-state index is 0.0262. The number of halogens is 2. The lowest BCUT2D eigenvalue weighted by Gasteiger charge is -2.08. The zero-order chi connectivity index (χ0) is 12.1. The molecule has 4 nitrogen and oxygen atoms in total. The number of benzene rings is 1. The summed E-state index contributed by atoms with van der Waals surface area (Å²) in [6.45, 7) is 0.439. The lowest BCUT2D eigenvalue weighted by Crippen LogP contribution is -2.11. The molecule has 0 heterocycles. The number of nitro groups is 1. The molecule has 1 aromatic carbocycles. The van der Waals surface area contributed by atoms with Gasteiger partial charge >= 0.3 is 0 Å². The molecule has 1 rings (SSSR count). The van der Waals surface area contributed by atoms with Gasteiger partial charge in [0.15, 0.2) is 0 Å². The Bertz CT molecular complexity index is 386. The number of nitrogens with zero attached hydrogens (tertiary/aromatic N) is 1. The van der Waals surface area contributed by atoms with E-state index < -0.39 is 10.7 Å². The second kappa shape index (κ2) is 5.91. The maximum Gasteiger partial charge on any atom is 0.275 e. The van der Waals surface area contributed by atoms with Crippen LogP contribution >= 0.6 is 15.9 Å². The van der Waals surface area contributed by atoms with Crippen molar-refractivity contribution in [1.29, 1.82) is 0 Å². The largest absolute Gasteiger partial charge is 0.384 e. The third kappa shape index (κ3) is 3.53. The Morgan fingerprint density at radius 3 is 2.88 bits per heavy atom. The zero-order valence-electron chi connectivity index (χ0n) is 8.65. The van der Waals surface area contributed by atoms with Crippen molar-refractivity contribution in [3.8, 4) is 0 Å². The molecule has 1 atom stereocenters. The molecule has 0 amide bonds. The number of nitro benzene ring substituents is 1. The van der Waals surface area contributed by atoms with Gasteiger partial charge in [-0.3, -0.25) is 10.1 Å². The van der Waals surface area contributed by atoms with Crippen LogP contribution in [0, 0.1) is 15.9 Å². The van der Waals surface area contributed by atoms with Gasteiger partial charge in [0.25, 0.3) is 5.69 Å². The summed E-state index contributed by atoms with van der Waals surface area (Å²) in [5, 5.41) is 10.7. The van der Waals surface area contributed by atoms with E-state index in [1.165, 1.54) is 12.1 Å². The van der Waals surface area contributed by atoms with Gasteiger partial charge in [0.1, 0.15) is 5.82 Å². The minimum Gasteiger partial charge on any atom is -0.384 e. The van der Waals surface area contributed by atoms with Crippen molar-refractivity contribution in [3.05, 3.63) is 39.7 Å². The number of ether oxygens (including phenoxy) is 1. The van der Waals surface area contributed by atoms with Crippen LogP contribution in [0.5, 0.6) is 0 Å². The van der Waals surface area contributed by atoms with Crippen molar-refractivity contribution in [2.45, 2.75) is 11.2 Å². The lowest BCUT2D eigenvalue weighted by molar-refractivity contribution is -0.385. The molecule has 1 aromatic rings. The first kappa shape index (κ1) is 13.1. The van der Waals surface area contributed by atoms with Gasteiger partial charge in [-0.1, -0.05) is 15.9 Å². The molecule has 1 unspecified atom stereocenters. The summed E-state index contributed by atoms with van der Waals surface area (Å²) in [6.07, 6.45) is 0.421. The van der Waals surface area contributed by atoms with E-state index in [1.807, 2.05) is 0 Å². The SMILES string of the molecule is COCC(Br)Cc1ccc(F)cc1[N+](=O)[O-]. The molecule has 6 heteroatoms. The van der Waals surface area contributed by atoms with Crippen molar-refractivity contribution >= 4 is 21.6 Å². The maximum absolute atomic E-state index is 12.9. The van der Waals surface area contributed by atoms with E-state index in [4.69, 9.17) is 4.74 Å². The third-order valence-corrected chi connectivity index (χ3v) is 2.62. The molecule has 0 aliphatic rings. The minimum atomic E-state index is -0.603. The fourth-order valence-corrected chi connectivity index (χ4v) is 1.97. The molecule has 0 saturated heterocycles. The van der Waals surface area contributed by atoms with E-state index in [0.29, 0.717) is 18.6 Å². The predicted octanol–water partition coefficient (Wildman–Crippen LogP) is 2.69. The van der Waals surface area contributed by atoms with E-state index in [0.717, 1.165) is 6.07 Å². The molecule has 0 radical (unpaired) electrons. The first-order valence-corrected chi connectivity index (χ1v) is 5.52. The Labute approximate surface area is 101 Å². The molecule has 0 aliphatic carbocycles. The van der Waals surface area contributed by atoms with Gasteiger partial charge in [0, 0.05) is 17.5 Å². The number of alkyl halides is 1. The van der Waals surface area contributed by atoms with Gasteiger partial charge in [0.05, 0.1) is 17.6 Å². The summed E-state index contributed by atoms with van der Waals surface area (Å²) in [4.78, 5) is 10.1. The Kier molecular flexibility index (Phi) is 4.82. The van der Waals surface area contributed by atoms with Crippen LogP contribution in [0.1, 0.15) is 5.56 Å². The average Bonchev–Trinajstić information content (AvgIpc) is 2.20. The highest BCUT2D eigenvalue weighted by Crippen LogP contribution is 2.23. The van der Waals surface area contributed by atoms with Crippen LogP contribution in [0.2, 0.25) is 0 Å². The molecule has 0 bridgehead atoms. The smallest absolute Gasteiger partial charge is 0.275 e. The summed E-state index contributed by atoms with van der Waals surface area (Å²) in [5.74, 6) is -0.603. The summed E-state index contributed by atoms with van der Waals surface area (Å²) >= 11 is 3.34.